The molecule has 0 aromatic carbocycles. The van der Waals surface area contributed by atoms with Gasteiger partial charge in [0.25, 0.3) is 0 Å². The monoisotopic (exact) mass is 336 g/mol. The fourth-order valence-corrected chi connectivity index (χ4v) is 2.62. The van der Waals surface area contributed by atoms with E-state index >= 15 is 0 Å². The van der Waals surface area contributed by atoms with Gasteiger partial charge in [0.05, 0.1) is 18.4 Å². The van der Waals surface area contributed by atoms with E-state index in [1.807, 2.05) is 11.9 Å². The van der Waals surface area contributed by atoms with E-state index < -0.39 is 5.54 Å². The molecule has 0 saturated heterocycles. The minimum Gasteiger partial charge on any atom is -0.348 e. The van der Waals surface area contributed by atoms with Crippen molar-refractivity contribution in [1.82, 2.24) is 30.1 Å². The van der Waals surface area contributed by atoms with Crippen LogP contribution >= 0.6 is 12.4 Å². The largest absolute Gasteiger partial charge is 0.348 e. The molecule has 1 fully saturated rings. The van der Waals surface area contributed by atoms with E-state index in [1.54, 1.807) is 6.33 Å². The summed E-state index contributed by atoms with van der Waals surface area (Å²) in [7, 11) is 1.90. The smallest absolute Gasteiger partial charge is 0.246 e. The standard InChI is InChI=1S/C13H16N8O.ClH/c1-21(11-9-10(16-6-15-9)17-7-18-11)5-8-19-12(20-22-8)13(14)3-2-4-13;/h6-7H,2-5,14H2,1H3,(H,15,16,17,18);1H. The maximum absolute atomic E-state index is 6.21. The van der Waals surface area contributed by atoms with Crippen LogP contribution in [0.25, 0.3) is 11.2 Å². The molecule has 0 bridgehead atoms. The first kappa shape index (κ1) is 15.6. The Hall–Kier alpha value is -2.26. The molecule has 0 unspecified atom stereocenters. The molecule has 3 N–H and O–H groups in total. The topological polar surface area (TPSA) is 123 Å². The third kappa shape index (κ3) is 2.62. The summed E-state index contributed by atoms with van der Waals surface area (Å²) < 4.78 is 5.32. The molecule has 0 atom stereocenters. The molecule has 122 valence electrons. The van der Waals surface area contributed by atoms with E-state index in [0.29, 0.717) is 23.9 Å². The third-order valence-corrected chi connectivity index (χ3v) is 4.10. The van der Waals surface area contributed by atoms with Gasteiger partial charge in [-0.05, 0) is 19.3 Å². The van der Waals surface area contributed by atoms with Crippen LogP contribution in [0.3, 0.4) is 0 Å². The number of aromatic amines is 1. The third-order valence-electron chi connectivity index (χ3n) is 4.10. The van der Waals surface area contributed by atoms with Gasteiger partial charge in [0.15, 0.2) is 17.3 Å². The van der Waals surface area contributed by atoms with Crippen molar-refractivity contribution in [2.75, 3.05) is 11.9 Å². The van der Waals surface area contributed by atoms with Crippen molar-refractivity contribution in [3.05, 3.63) is 24.4 Å². The second kappa shape index (κ2) is 5.74. The van der Waals surface area contributed by atoms with Crippen molar-refractivity contribution >= 4 is 29.4 Å². The highest BCUT2D eigenvalue weighted by molar-refractivity contribution is 5.85. The first-order chi connectivity index (χ1) is 10.7. The van der Waals surface area contributed by atoms with Gasteiger partial charge in [0, 0.05) is 7.05 Å². The van der Waals surface area contributed by atoms with Gasteiger partial charge >= 0.3 is 0 Å². The van der Waals surface area contributed by atoms with E-state index in [9.17, 15) is 0 Å². The molecular formula is C13H17ClN8O. The Morgan fingerprint density at radius 3 is 2.91 bits per heavy atom. The number of hydrogen-bond donors (Lipinski definition) is 2. The van der Waals surface area contributed by atoms with Crippen LogP contribution in [0.15, 0.2) is 17.2 Å². The van der Waals surface area contributed by atoms with E-state index in [-0.39, 0.29) is 12.4 Å². The van der Waals surface area contributed by atoms with Crippen molar-refractivity contribution in [3.8, 4) is 0 Å². The second-order valence-corrected chi connectivity index (χ2v) is 5.68. The van der Waals surface area contributed by atoms with Crippen molar-refractivity contribution in [3.63, 3.8) is 0 Å². The first-order valence-corrected chi connectivity index (χ1v) is 7.13. The van der Waals surface area contributed by atoms with Crippen molar-refractivity contribution in [1.29, 1.82) is 0 Å². The van der Waals surface area contributed by atoms with Gasteiger partial charge in [0.2, 0.25) is 5.89 Å². The molecule has 1 saturated carbocycles. The highest BCUT2D eigenvalue weighted by Crippen LogP contribution is 2.36. The zero-order valence-corrected chi connectivity index (χ0v) is 13.4. The fraction of sp³-hybridized carbons (Fsp3) is 0.462. The number of halogens is 1. The molecule has 3 heterocycles. The van der Waals surface area contributed by atoms with E-state index in [1.165, 1.54) is 6.33 Å². The van der Waals surface area contributed by atoms with Crippen LogP contribution in [-0.4, -0.2) is 37.1 Å². The van der Waals surface area contributed by atoms with Crippen LogP contribution in [-0.2, 0) is 12.1 Å². The molecule has 0 amide bonds. The Morgan fingerprint density at radius 2 is 2.17 bits per heavy atom. The predicted molar refractivity (Wildman–Crippen MR) is 85.1 cm³/mol. The summed E-state index contributed by atoms with van der Waals surface area (Å²) in [5.74, 6) is 1.84. The number of imidazole rings is 1. The Bertz CT molecular complexity index is 811. The lowest BCUT2D eigenvalue weighted by molar-refractivity contribution is 0.229. The number of aromatic nitrogens is 6. The zero-order chi connectivity index (χ0) is 15.2. The highest BCUT2D eigenvalue weighted by atomic mass is 35.5. The summed E-state index contributed by atoms with van der Waals surface area (Å²) in [6.07, 6.45) is 6.00. The Balaban J connectivity index is 0.00000156. The van der Waals surface area contributed by atoms with E-state index in [4.69, 9.17) is 10.3 Å². The lowest BCUT2D eigenvalue weighted by Crippen LogP contribution is -2.44. The minimum atomic E-state index is -0.411. The predicted octanol–water partition coefficient (Wildman–Crippen LogP) is 1.13. The Kier molecular flexibility index (Phi) is 3.90. The molecule has 23 heavy (non-hydrogen) atoms. The molecule has 3 aromatic rings. The number of hydrogen-bond acceptors (Lipinski definition) is 8. The van der Waals surface area contributed by atoms with Gasteiger partial charge in [-0.2, -0.15) is 4.98 Å². The van der Waals surface area contributed by atoms with Gasteiger partial charge in [0.1, 0.15) is 11.8 Å². The summed E-state index contributed by atoms with van der Waals surface area (Å²) in [4.78, 5) is 21.9. The van der Waals surface area contributed by atoms with Crippen LogP contribution in [0.5, 0.6) is 0 Å². The van der Waals surface area contributed by atoms with Crippen molar-refractivity contribution < 1.29 is 4.52 Å². The van der Waals surface area contributed by atoms with Gasteiger partial charge in [-0.1, -0.05) is 5.16 Å². The molecule has 4 rings (SSSR count). The van der Waals surface area contributed by atoms with Crippen LogP contribution in [0.2, 0.25) is 0 Å². The second-order valence-electron chi connectivity index (χ2n) is 5.68. The lowest BCUT2D eigenvalue weighted by atomic mass is 9.77. The molecule has 9 nitrogen and oxygen atoms in total. The SMILES string of the molecule is CN(Cc1nc(C2(N)CCC2)no1)c1ncnc2nc[nH]c12.Cl. The average Bonchev–Trinajstić information content (AvgIpc) is 3.12. The minimum absolute atomic E-state index is 0. The molecule has 0 aliphatic heterocycles. The van der Waals surface area contributed by atoms with E-state index in [0.717, 1.165) is 30.6 Å². The molecule has 3 aromatic heterocycles. The average molecular weight is 337 g/mol. The van der Waals surface area contributed by atoms with Crippen LogP contribution < -0.4 is 10.6 Å². The maximum Gasteiger partial charge on any atom is 0.246 e. The number of nitrogens with one attached hydrogen (secondary N) is 1. The molecule has 0 radical (unpaired) electrons. The number of fused-ring (bicyclic) bond motifs is 1. The van der Waals surface area contributed by atoms with Crippen LogP contribution in [0.1, 0.15) is 31.0 Å². The lowest BCUT2D eigenvalue weighted by Gasteiger charge is -2.34. The number of H-pyrrole nitrogens is 1. The number of nitrogens with zero attached hydrogens (tertiary/aromatic N) is 6. The summed E-state index contributed by atoms with van der Waals surface area (Å²) in [5, 5.41) is 4.02. The number of nitrogens with two attached hydrogens (primary N) is 1. The molecule has 10 heteroatoms. The van der Waals surface area contributed by atoms with Gasteiger partial charge in [-0.3, -0.25) is 0 Å². The number of anilines is 1. The molecule has 1 aliphatic rings. The Morgan fingerprint density at radius 1 is 1.35 bits per heavy atom. The quantitative estimate of drug-likeness (QED) is 0.726. The number of rotatable bonds is 4. The summed E-state index contributed by atoms with van der Waals surface area (Å²) in [6, 6.07) is 0. The maximum atomic E-state index is 6.21. The van der Waals surface area contributed by atoms with Gasteiger partial charge in [-0.15, -0.1) is 12.4 Å². The highest BCUT2D eigenvalue weighted by Gasteiger charge is 2.39. The Labute approximate surface area is 138 Å². The van der Waals surface area contributed by atoms with Gasteiger partial charge < -0.3 is 20.1 Å². The molecular weight excluding hydrogens is 320 g/mol. The first-order valence-electron chi connectivity index (χ1n) is 7.13. The summed E-state index contributed by atoms with van der Waals surface area (Å²) in [5.41, 5.74) is 7.20. The normalized spacial score (nSPS) is 15.9. The van der Waals surface area contributed by atoms with Crippen molar-refractivity contribution in [2.45, 2.75) is 31.3 Å². The molecule has 0 spiro atoms. The fourth-order valence-electron chi connectivity index (χ4n) is 2.62. The van der Waals surface area contributed by atoms with Crippen LogP contribution in [0.4, 0.5) is 5.82 Å². The molecule has 1 aliphatic carbocycles. The van der Waals surface area contributed by atoms with Crippen LogP contribution in [0, 0.1) is 0 Å². The summed E-state index contributed by atoms with van der Waals surface area (Å²) >= 11 is 0. The summed E-state index contributed by atoms with van der Waals surface area (Å²) in [6.45, 7) is 0.439. The van der Waals surface area contributed by atoms with Crippen molar-refractivity contribution in [2.24, 2.45) is 5.73 Å². The van der Waals surface area contributed by atoms with E-state index in [2.05, 4.69) is 30.1 Å². The zero-order valence-electron chi connectivity index (χ0n) is 12.6. The van der Waals surface area contributed by atoms with Gasteiger partial charge in [-0.25, -0.2) is 15.0 Å².